The standard InChI is InChI=1S/C43H68N2O6/c1-26(2)34-29(46)23-43(45-37(50)44-25-27-13-11-10-12-14-27)22-21-41(8)28(35(34)43)15-16-31-40(7)19-18-32(51-33(47)24-38(3,4)36(48)49)39(5,6)30(40)17-20-42(31,41)9/h26-28,30-32H,10-25H2,1-9H3,(H,48,49)(H2,44,45,50)/t28?,30?,31?,32-,40-,41+,42+,43+/m0/s1. The molecule has 0 aliphatic heterocycles. The lowest BCUT2D eigenvalue weighted by Crippen LogP contribution is -2.67. The van der Waals surface area contributed by atoms with Gasteiger partial charge in [0, 0.05) is 18.4 Å². The molecule has 0 radical (unpaired) electrons. The smallest absolute Gasteiger partial charge is 0.315 e. The molecule has 0 spiro atoms. The highest BCUT2D eigenvalue weighted by Crippen LogP contribution is 2.76. The molecule has 6 rings (SSSR count). The van der Waals surface area contributed by atoms with E-state index in [9.17, 15) is 24.3 Å². The van der Waals surface area contributed by atoms with E-state index in [-0.39, 0.29) is 57.8 Å². The van der Waals surface area contributed by atoms with Gasteiger partial charge >= 0.3 is 18.0 Å². The van der Waals surface area contributed by atoms with Crippen molar-refractivity contribution in [1.29, 1.82) is 0 Å². The van der Waals surface area contributed by atoms with Crippen LogP contribution in [0, 0.1) is 56.7 Å². The maximum absolute atomic E-state index is 13.9. The normalized spacial score (nSPS) is 39.4. The third-order valence-corrected chi connectivity index (χ3v) is 16.4. The minimum absolute atomic E-state index is 0.0103. The monoisotopic (exact) mass is 709 g/mol. The van der Waals surface area contributed by atoms with Crippen LogP contribution >= 0.6 is 0 Å². The second kappa shape index (κ2) is 13.2. The largest absolute Gasteiger partial charge is 0.481 e. The maximum Gasteiger partial charge on any atom is 0.315 e. The van der Waals surface area contributed by atoms with Gasteiger partial charge in [0.15, 0.2) is 5.78 Å². The summed E-state index contributed by atoms with van der Waals surface area (Å²) in [5.74, 6) is 0.592. The van der Waals surface area contributed by atoms with E-state index in [0.29, 0.717) is 30.7 Å². The van der Waals surface area contributed by atoms with Crippen molar-refractivity contribution >= 4 is 23.8 Å². The Balaban J connectivity index is 1.25. The molecule has 51 heavy (non-hydrogen) atoms. The second-order valence-electron chi connectivity index (χ2n) is 20.3. The van der Waals surface area contributed by atoms with E-state index in [1.54, 1.807) is 13.8 Å². The van der Waals surface area contributed by atoms with E-state index in [4.69, 9.17) is 4.74 Å². The van der Waals surface area contributed by atoms with Gasteiger partial charge in [-0.2, -0.15) is 0 Å². The van der Waals surface area contributed by atoms with Crippen LogP contribution < -0.4 is 10.6 Å². The summed E-state index contributed by atoms with van der Waals surface area (Å²) in [7, 11) is 0. The highest BCUT2D eigenvalue weighted by atomic mass is 16.5. The van der Waals surface area contributed by atoms with Crippen LogP contribution in [0.25, 0.3) is 0 Å². The molecule has 2 amide bonds. The molecule has 0 aromatic carbocycles. The number of esters is 1. The van der Waals surface area contributed by atoms with Gasteiger partial charge in [-0.05, 0) is 135 Å². The van der Waals surface area contributed by atoms with Crippen molar-refractivity contribution in [2.75, 3.05) is 6.54 Å². The summed E-state index contributed by atoms with van der Waals surface area (Å²) < 4.78 is 6.16. The lowest BCUT2D eigenvalue weighted by Gasteiger charge is -2.72. The van der Waals surface area contributed by atoms with E-state index >= 15 is 0 Å². The van der Waals surface area contributed by atoms with Crippen molar-refractivity contribution in [3.05, 3.63) is 11.1 Å². The highest BCUT2D eigenvalue weighted by molar-refractivity contribution is 6.02. The van der Waals surface area contributed by atoms with Crippen LogP contribution in [0.15, 0.2) is 11.1 Å². The number of carboxylic acid groups (broad SMARTS) is 1. The molecule has 0 heterocycles. The van der Waals surface area contributed by atoms with E-state index in [0.717, 1.165) is 56.9 Å². The number of hydrogen-bond donors (Lipinski definition) is 3. The highest BCUT2D eigenvalue weighted by Gasteiger charge is 2.70. The summed E-state index contributed by atoms with van der Waals surface area (Å²) in [5, 5.41) is 16.3. The molecule has 5 saturated carbocycles. The Hall–Kier alpha value is -2.38. The Morgan fingerprint density at radius 2 is 1.55 bits per heavy atom. The van der Waals surface area contributed by atoms with E-state index in [1.807, 2.05) is 0 Å². The zero-order valence-electron chi connectivity index (χ0n) is 33.3. The number of amides is 2. The Bertz CT molecular complexity index is 1460. The molecule has 8 atom stereocenters. The number of rotatable bonds is 8. The lowest BCUT2D eigenvalue weighted by atomic mass is 9.33. The number of carbonyl (C=O) groups excluding carboxylic acids is 3. The molecule has 0 saturated heterocycles. The molecule has 3 unspecified atom stereocenters. The minimum Gasteiger partial charge on any atom is -0.481 e. The molecule has 286 valence electrons. The Morgan fingerprint density at radius 3 is 2.20 bits per heavy atom. The van der Waals surface area contributed by atoms with Gasteiger partial charge in [-0.25, -0.2) is 4.79 Å². The van der Waals surface area contributed by atoms with E-state index in [2.05, 4.69) is 59.1 Å². The van der Waals surface area contributed by atoms with Crippen molar-refractivity contribution in [3.63, 3.8) is 0 Å². The molecule has 6 aliphatic carbocycles. The Labute approximate surface area is 307 Å². The zero-order chi connectivity index (χ0) is 37.4. The first kappa shape index (κ1) is 38.3. The third-order valence-electron chi connectivity index (χ3n) is 16.4. The van der Waals surface area contributed by atoms with Crippen molar-refractivity contribution in [2.24, 2.45) is 56.7 Å². The third kappa shape index (κ3) is 6.18. The van der Waals surface area contributed by atoms with Crippen LogP contribution in [0.2, 0.25) is 0 Å². The number of nitrogens with one attached hydrogen (secondary N) is 2. The molecular formula is C43H68N2O6. The number of ether oxygens (including phenoxy) is 1. The number of hydrogen-bond acceptors (Lipinski definition) is 5. The fourth-order valence-corrected chi connectivity index (χ4v) is 13.5. The van der Waals surface area contributed by atoms with Crippen LogP contribution in [0.5, 0.6) is 0 Å². The quantitative estimate of drug-likeness (QED) is 0.217. The number of fused-ring (bicyclic) bond motifs is 7. The predicted molar refractivity (Wildman–Crippen MR) is 199 cm³/mol. The van der Waals surface area contributed by atoms with E-state index in [1.165, 1.54) is 37.7 Å². The summed E-state index contributed by atoms with van der Waals surface area (Å²) in [6.07, 6.45) is 14.0. The number of ketones is 1. The van der Waals surface area contributed by atoms with E-state index < -0.39 is 22.9 Å². The number of allylic oxidation sites excluding steroid dienone is 1. The SMILES string of the molecule is CC(C)C1=C2C3CCC4[C@@]5(C)CC[C@H](OC(=O)CC(C)(C)C(=O)O)C(C)(C)C5CC[C@@]4(C)[C@]3(C)CC[C@@]2(NC(=O)NCC2CCCCC2)CC1=O. The number of carboxylic acids is 1. The summed E-state index contributed by atoms with van der Waals surface area (Å²) in [4.78, 5) is 52.4. The molecule has 8 heteroatoms. The number of aliphatic carboxylic acids is 1. The number of Topliss-reactive ketones (excluding diaryl/α,β-unsaturated/α-hetero) is 1. The van der Waals surface area contributed by atoms with Crippen LogP contribution in [0.1, 0.15) is 159 Å². The minimum atomic E-state index is -1.16. The Morgan fingerprint density at radius 1 is 0.863 bits per heavy atom. The first-order chi connectivity index (χ1) is 23.7. The lowest BCUT2D eigenvalue weighted by molar-refractivity contribution is -0.232. The molecule has 6 aliphatic rings. The van der Waals surface area contributed by atoms with Crippen LogP contribution in [0.3, 0.4) is 0 Å². The van der Waals surface area contributed by atoms with Crippen molar-refractivity contribution in [3.8, 4) is 0 Å². The van der Waals surface area contributed by atoms with Crippen molar-refractivity contribution in [1.82, 2.24) is 10.6 Å². The topological polar surface area (TPSA) is 122 Å². The average Bonchev–Trinajstić information content (AvgIpc) is 3.33. The van der Waals surface area contributed by atoms with Crippen molar-refractivity contribution in [2.45, 2.75) is 170 Å². The maximum atomic E-state index is 13.9. The van der Waals surface area contributed by atoms with Crippen molar-refractivity contribution < 1.29 is 29.0 Å². The van der Waals surface area contributed by atoms with Gasteiger partial charge in [0.2, 0.25) is 0 Å². The fraction of sp³-hybridized carbons (Fsp3) is 0.860. The van der Waals surface area contributed by atoms with Gasteiger partial charge in [-0.1, -0.05) is 67.7 Å². The predicted octanol–water partition coefficient (Wildman–Crippen LogP) is 9.01. The first-order valence-electron chi connectivity index (χ1n) is 20.5. The van der Waals surface area contributed by atoms with Gasteiger partial charge in [-0.15, -0.1) is 0 Å². The molecular weight excluding hydrogens is 640 g/mol. The summed E-state index contributed by atoms with van der Waals surface area (Å²) >= 11 is 0. The summed E-state index contributed by atoms with van der Waals surface area (Å²) in [5.41, 5.74) is 0.363. The fourth-order valence-electron chi connectivity index (χ4n) is 13.5. The first-order valence-corrected chi connectivity index (χ1v) is 20.5. The van der Waals surface area contributed by atoms with Crippen LogP contribution in [0.4, 0.5) is 4.79 Å². The van der Waals surface area contributed by atoms with Gasteiger partial charge in [0.05, 0.1) is 17.4 Å². The zero-order valence-corrected chi connectivity index (χ0v) is 33.3. The molecule has 0 aromatic rings. The Kier molecular flexibility index (Phi) is 9.91. The number of carbonyl (C=O) groups is 4. The summed E-state index contributed by atoms with van der Waals surface area (Å²) in [6.45, 7) is 20.3. The second-order valence-corrected chi connectivity index (χ2v) is 20.3. The molecule has 0 aromatic heterocycles. The number of urea groups is 1. The molecule has 3 N–H and O–H groups in total. The van der Waals surface area contributed by atoms with Crippen LogP contribution in [-0.2, 0) is 19.1 Å². The molecule has 8 nitrogen and oxygen atoms in total. The molecule has 0 bridgehead atoms. The van der Waals surface area contributed by atoms with Gasteiger partial charge in [0.25, 0.3) is 0 Å². The van der Waals surface area contributed by atoms with Gasteiger partial charge in [-0.3, -0.25) is 14.4 Å². The van der Waals surface area contributed by atoms with Gasteiger partial charge in [0.1, 0.15) is 6.10 Å². The average molecular weight is 709 g/mol. The van der Waals surface area contributed by atoms with Crippen LogP contribution in [-0.4, -0.2) is 47.0 Å². The summed E-state index contributed by atoms with van der Waals surface area (Å²) in [6, 6.07) is -0.112. The van der Waals surface area contributed by atoms with Gasteiger partial charge < -0.3 is 20.5 Å². The molecule has 5 fully saturated rings.